The van der Waals surface area contributed by atoms with Gasteiger partial charge in [-0.3, -0.25) is 9.69 Å². The zero-order valence-corrected chi connectivity index (χ0v) is 13.3. The largest absolute Gasteiger partial charge is 0.358 e. The second-order valence-corrected chi connectivity index (χ2v) is 6.20. The Kier molecular flexibility index (Phi) is 4.29. The predicted molar refractivity (Wildman–Crippen MR) is 88.7 cm³/mol. The summed E-state index contributed by atoms with van der Waals surface area (Å²) in [5.41, 5.74) is 3.48. The van der Waals surface area contributed by atoms with Crippen molar-refractivity contribution in [2.24, 2.45) is 0 Å². The average molecular weight is 297 g/mol. The number of benzene rings is 1. The molecule has 1 amide bonds. The molecule has 4 nitrogen and oxygen atoms in total. The van der Waals surface area contributed by atoms with Crippen LogP contribution in [0, 0.1) is 0 Å². The van der Waals surface area contributed by atoms with E-state index in [1.54, 1.807) is 0 Å². The van der Waals surface area contributed by atoms with Gasteiger partial charge in [0.1, 0.15) is 0 Å². The molecule has 22 heavy (non-hydrogen) atoms. The standard InChI is InChI=1S/C18H23N3O/c1-19(2)14-20-12-16(15-7-4-3-5-8-15)11-17(13-20)21-10-6-9-18(21)22/h3-5,7-8,11-12H,6,9-10,13-14H2,1-2H3. The fourth-order valence-electron chi connectivity index (χ4n) is 3.07. The minimum atomic E-state index is 0.255. The topological polar surface area (TPSA) is 26.8 Å². The summed E-state index contributed by atoms with van der Waals surface area (Å²) in [5, 5.41) is 0. The van der Waals surface area contributed by atoms with Crippen LogP contribution in [0.4, 0.5) is 0 Å². The highest BCUT2D eigenvalue weighted by Gasteiger charge is 2.26. The number of nitrogens with zero attached hydrogens (tertiary/aromatic N) is 3. The molecule has 1 fully saturated rings. The number of hydrogen-bond acceptors (Lipinski definition) is 3. The molecule has 4 heteroatoms. The molecule has 0 unspecified atom stereocenters. The van der Waals surface area contributed by atoms with Crippen LogP contribution in [-0.2, 0) is 4.79 Å². The fraction of sp³-hybridized carbons (Fsp3) is 0.389. The number of carbonyl (C=O) groups excluding carboxylic acids is 1. The van der Waals surface area contributed by atoms with Crippen LogP contribution in [0.15, 0.2) is 48.3 Å². The van der Waals surface area contributed by atoms with Gasteiger partial charge in [-0.2, -0.15) is 0 Å². The van der Waals surface area contributed by atoms with E-state index in [9.17, 15) is 4.79 Å². The second kappa shape index (κ2) is 6.36. The van der Waals surface area contributed by atoms with Crippen LogP contribution in [0.2, 0.25) is 0 Å². The van der Waals surface area contributed by atoms with Crippen LogP contribution in [0.1, 0.15) is 18.4 Å². The van der Waals surface area contributed by atoms with Crippen LogP contribution in [0.3, 0.4) is 0 Å². The first-order chi connectivity index (χ1) is 10.6. The highest BCUT2D eigenvalue weighted by molar-refractivity contribution is 5.82. The molecule has 0 spiro atoms. The lowest BCUT2D eigenvalue weighted by Crippen LogP contribution is -2.37. The Morgan fingerprint density at radius 1 is 1.18 bits per heavy atom. The fourth-order valence-corrected chi connectivity index (χ4v) is 3.07. The predicted octanol–water partition coefficient (Wildman–Crippen LogP) is 2.37. The van der Waals surface area contributed by atoms with Crippen molar-refractivity contribution in [2.75, 3.05) is 33.9 Å². The number of carbonyl (C=O) groups is 1. The lowest BCUT2D eigenvalue weighted by atomic mass is 10.0. The van der Waals surface area contributed by atoms with Gasteiger partial charge in [0.05, 0.1) is 13.2 Å². The highest BCUT2D eigenvalue weighted by atomic mass is 16.2. The molecule has 0 N–H and O–H groups in total. The van der Waals surface area contributed by atoms with Gasteiger partial charge in [-0.05, 0) is 37.7 Å². The van der Waals surface area contributed by atoms with Crippen molar-refractivity contribution in [1.82, 2.24) is 14.7 Å². The van der Waals surface area contributed by atoms with Crippen molar-refractivity contribution in [1.29, 1.82) is 0 Å². The number of allylic oxidation sites excluding steroid dienone is 2. The molecule has 0 bridgehead atoms. The lowest BCUT2D eigenvalue weighted by molar-refractivity contribution is -0.126. The van der Waals surface area contributed by atoms with Crippen LogP contribution < -0.4 is 0 Å². The first kappa shape index (κ1) is 14.9. The molecule has 2 heterocycles. The molecule has 3 rings (SSSR count). The Morgan fingerprint density at radius 3 is 2.59 bits per heavy atom. The molecule has 0 saturated carbocycles. The Hall–Kier alpha value is -2.07. The zero-order chi connectivity index (χ0) is 15.5. The van der Waals surface area contributed by atoms with E-state index in [0.717, 1.165) is 31.9 Å². The molecule has 116 valence electrons. The van der Waals surface area contributed by atoms with Gasteiger partial charge in [-0.15, -0.1) is 0 Å². The van der Waals surface area contributed by atoms with Gasteiger partial charge < -0.3 is 9.80 Å². The van der Waals surface area contributed by atoms with Gasteiger partial charge >= 0.3 is 0 Å². The van der Waals surface area contributed by atoms with E-state index in [0.29, 0.717) is 6.42 Å². The highest BCUT2D eigenvalue weighted by Crippen LogP contribution is 2.27. The van der Waals surface area contributed by atoms with E-state index in [1.165, 1.54) is 11.1 Å². The minimum absolute atomic E-state index is 0.255. The van der Waals surface area contributed by atoms with Crippen molar-refractivity contribution >= 4 is 11.5 Å². The van der Waals surface area contributed by atoms with E-state index in [4.69, 9.17) is 0 Å². The molecule has 0 radical (unpaired) electrons. The van der Waals surface area contributed by atoms with Crippen molar-refractivity contribution in [3.63, 3.8) is 0 Å². The van der Waals surface area contributed by atoms with Crippen molar-refractivity contribution < 1.29 is 4.79 Å². The van der Waals surface area contributed by atoms with Crippen molar-refractivity contribution in [2.45, 2.75) is 12.8 Å². The molecule has 2 aliphatic rings. The molecular formula is C18H23N3O. The number of amides is 1. The summed E-state index contributed by atoms with van der Waals surface area (Å²) in [6, 6.07) is 10.4. The van der Waals surface area contributed by atoms with Crippen LogP contribution in [-0.4, -0.2) is 54.5 Å². The first-order valence-corrected chi connectivity index (χ1v) is 7.80. The summed E-state index contributed by atoms with van der Waals surface area (Å²) in [6.07, 6.45) is 6.01. The normalized spacial score (nSPS) is 18.8. The molecule has 2 aliphatic heterocycles. The molecule has 0 aromatic heterocycles. The summed E-state index contributed by atoms with van der Waals surface area (Å²) < 4.78 is 0. The molecular weight excluding hydrogens is 274 g/mol. The van der Waals surface area contributed by atoms with Gasteiger partial charge in [0.25, 0.3) is 0 Å². The summed E-state index contributed by atoms with van der Waals surface area (Å²) >= 11 is 0. The summed E-state index contributed by atoms with van der Waals surface area (Å²) in [4.78, 5) is 18.5. The number of rotatable bonds is 4. The van der Waals surface area contributed by atoms with Gasteiger partial charge in [0.2, 0.25) is 5.91 Å². The number of hydrogen-bond donors (Lipinski definition) is 0. The summed E-state index contributed by atoms with van der Waals surface area (Å²) in [7, 11) is 4.13. The van der Waals surface area contributed by atoms with E-state index in [2.05, 4.69) is 60.4 Å². The molecule has 0 atom stereocenters. The van der Waals surface area contributed by atoms with Crippen LogP contribution in [0.25, 0.3) is 5.57 Å². The quantitative estimate of drug-likeness (QED) is 0.853. The van der Waals surface area contributed by atoms with Gasteiger partial charge in [0, 0.05) is 24.9 Å². The maximum absolute atomic E-state index is 12.1. The second-order valence-electron chi connectivity index (χ2n) is 6.20. The van der Waals surface area contributed by atoms with Crippen LogP contribution in [0.5, 0.6) is 0 Å². The number of likely N-dealkylation sites (tertiary alicyclic amines) is 1. The maximum Gasteiger partial charge on any atom is 0.226 e. The minimum Gasteiger partial charge on any atom is -0.358 e. The Bertz CT molecular complexity index is 604. The SMILES string of the molecule is CN(C)CN1C=C(c2ccccc2)C=C(N2CCCC2=O)C1. The van der Waals surface area contributed by atoms with Crippen molar-refractivity contribution in [3.05, 3.63) is 53.9 Å². The lowest BCUT2D eigenvalue weighted by Gasteiger charge is -2.33. The maximum atomic E-state index is 12.1. The smallest absolute Gasteiger partial charge is 0.226 e. The average Bonchev–Trinajstić information content (AvgIpc) is 2.93. The zero-order valence-electron chi connectivity index (χ0n) is 13.3. The Labute approximate surface area is 132 Å². The Morgan fingerprint density at radius 2 is 1.95 bits per heavy atom. The monoisotopic (exact) mass is 297 g/mol. The molecule has 1 saturated heterocycles. The van der Waals surface area contributed by atoms with E-state index < -0.39 is 0 Å². The first-order valence-electron chi connectivity index (χ1n) is 7.80. The Balaban J connectivity index is 1.91. The van der Waals surface area contributed by atoms with Gasteiger partial charge in [-0.25, -0.2) is 0 Å². The van der Waals surface area contributed by atoms with Crippen LogP contribution >= 0.6 is 0 Å². The van der Waals surface area contributed by atoms with Gasteiger partial charge in [0.15, 0.2) is 0 Å². The van der Waals surface area contributed by atoms with E-state index in [-0.39, 0.29) is 5.91 Å². The third-order valence-corrected chi connectivity index (χ3v) is 4.00. The van der Waals surface area contributed by atoms with Gasteiger partial charge in [-0.1, -0.05) is 30.3 Å². The third-order valence-electron chi connectivity index (χ3n) is 4.00. The van der Waals surface area contributed by atoms with Crippen molar-refractivity contribution in [3.8, 4) is 0 Å². The van der Waals surface area contributed by atoms with E-state index in [1.807, 2.05) is 11.0 Å². The molecule has 1 aromatic rings. The summed E-state index contributed by atoms with van der Waals surface area (Å²) in [6.45, 7) is 2.48. The molecule has 0 aliphatic carbocycles. The third kappa shape index (κ3) is 3.22. The summed E-state index contributed by atoms with van der Waals surface area (Å²) in [5.74, 6) is 0.255. The molecule has 1 aromatic carbocycles. The van der Waals surface area contributed by atoms with E-state index >= 15 is 0 Å².